The maximum atomic E-state index is 10.8. The van der Waals surface area contributed by atoms with Crippen molar-refractivity contribution >= 4 is 5.97 Å². The van der Waals surface area contributed by atoms with Crippen molar-refractivity contribution in [3.05, 3.63) is 53.6 Å². The minimum absolute atomic E-state index is 0.00821. The van der Waals surface area contributed by atoms with Crippen LogP contribution in [0.1, 0.15) is 33.6 Å². The van der Waals surface area contributed by atoms with E-state index in [1.165, 1.54) is 6.08 Å². The van der Waals surface area contributed by atoms with Gasteiger partial charge in [-0.1, -0.05) is 38.1 Å². The van der Waals surface area contributed by atoms with E-state index < -0.39 is 5.97 Å². The third-order valence-electron chi connectivity index (χ3n) is 4.08. The highest BCUT2D eigenvalue weighted by Gasteiger charge is 2.32. The molecule has 21 heavy (non-hydrogen) atoms. The van der Waals surface area contributed by atoms with Crippen LogP contribution in [0.5, 0.6) is 5.75 Å². The Morgan fingerprint density at radius 1 is 1.33 bits per heavy atom. The van der Waals surface area contributed by atoms with Crippen LogP contribution < -0.4 is 4.74 Å². The highest BCUT2D eigenvalue weighted by Crippen LogP contribution is 2.42. The Morgan fingerprint density at radius 2 is 2.00 bits per heavy atom. The van der Waals surface area contributed by atoms with Crippen LogP contribution in [0.4, 0.5) is 0 Å². The van der Waals surface area contributed by atoms with Crippen molar-refractivity contribution in [3.63, 3.8) is 0 Å². The van der Waals surface area contributed by atoms with E-state index in [1.807, 2.05) is 37.3 Å². The van der Waals surface area contributed by atoms with Gasteiger partial charge in [-0.15, -0.1) is 0 Å². The molecule has 112 valence electrons. The van der Waals surface area contributed by atoms with Crippen molar-refractivity contribution in [3.8, 4) is 5.75 Å². The molecule has 1 aliphatic carbocycles. The van der Waals surface area contributed by atoms with E-state index in [0.717, 1.165) is 29.7 Å². The zero-order valence-electron chi connectivity index (χ0n) is 12.8. The topological polar surface area (TPSA) is 46.5 Å². The lowest BCUT2D eigenvalue weighted by atomic mass is 9.71. The molecule has 0 aliphatic heterocycles. The lowest BCUT2D eigenvalue weighted by Gasteiger charge is -2.37. The van der Waals surface area contributed by atoms with Gasteiger partial charge in [-0.05, 0) is 48.5 Å². The molecule has 1 aliphatic rings. The minimum atomic E-state index is -0.919. The molecule has 0 aromatic heterocycles. The normalized spacial score (nSPS) is 21.6. The molecular weight excluding hydrogens is 264 g/mol. The second-order valence-electron chi connectivity index (χ2n) is 6.11. The first-order valence-electron chi connectivity index (χ1n) is 7.24. The van der Waals surface area contributed by atoms with E-state index in [0.29, 0.717) is 0 Å². The number of carboxylic acid groups (broad SMARTS) is 1. The average Bonchev–Trinajstić information content (AvgIpc) is 2.42. The molecule has 0 spiro atoms. The van der Waals surface area contributed by atoms with Gasteiger partial charge in [0, 0.05) is 6.08 Å². The largest absolute Gasteiger partial charge is 0.486 e. The maximum absolute atomic E-state index is 10.8. The van der Waals surface area contributed by atoms with Crippen molar-refractivity contribution in [1.29, 1.82) is 0 Å². The van der Waals surface area contributed by atoms with Gasteiger partial charge in [0.25, 0.3) is 0 Å². The molecule has 0 amide bonds. The maximum Gasteiger partial charge on any atom is 0.328 e. The second-order valence-corrected chi connectivity index (χ2v) is 6.11. The first-order chi connectivity index (χ1) is 9.90. The number of aliphatic carboxylic acids is 1. The summed E-state index contributed by atoms with van der Waals surface area (Å²) in [6, 6.07) is 9.75. The van der Waals surface area contributed by atoms with Crippen molar-refractivity contribution < 1.29 is 14.6 Å². The van der Waals surface area contributed by atoms with E-state index in [1.54, 1.807) is 6.08 Å². The van der Waals surface area contributed by atoms with Gasteiger partial charge in [0.1, 0.15) is 11.9 Å². The van der Waals surface area contributed by atoms with Crippen LogP contribution in [0.15, 0.2) is 53.6 Å². The Bertz CT molecular complexity index is 567. The molecule has 0 bridgehead atoms. The summed E-state index contributed by atoms with van der Waals surface area (Å²) >= 11 is 0. The molecule has 0 saturated carbocycles. The molecule has 1 aromatic rings. The number of carbonyl (C=O) groups is 1. The Hall–Kier alpha value is -2.03. The fraction of sp³-hybridized carbons (Fsp3) is 0.389. The number of para-hydroxylation sites is 1. The SMILES string of the molecule is CC1=C(/C=C/C(=O)O)C(C)(C)CCC1Oc1ccccc1. The van der Waals surface area contributed by atoms with Crippen molar-refractivity contribution in [2.75, 3.05) is 0 Å². The number of hydrogen-bond donors (Lipinski definition) is 1. The van der Waals surface area contributed by atoms with E-state index >= 15 is 0 Å². The summed E-state index contributed by atoms with van der Waals surface area (Å²) in [5.41, 5.74) is 2.16. The third kappa shape index (κ3) is 3.75. The molecular formula is C18H22O3. The molecule has 2 rings (SSSR count). The van der Waals surface area contributed by atoms with Crippen molar-refractivity contribution in [2.45, 2.75) is 39.7 Å². The quantitative estimate of drug-likeness (QED) is 0.843. The molecule has 1 atom stereocenters. The minimum Gasteiger partial charge on any atom is -0.486 e. The fourth-order valence-corrected chi connectivity index (χ4v) is 2.87. The van der Waals surface area contributed by atoms with E-state index in [4.69, 9.17) is 9.84 Å². The highest BCUT2D eigenvalue weighted by molar-refractivity contribution is 5.80. The molecule has 1 N–H and O–H groups in total. The van der Waals surface area contributed by atoms with Crippen LogP contribution in [0.2, 0.25) is 0 Å². The Morgan fingerprint density at radius 3 is 2.62 bits per heavy atom. The summed E-state index contributed by atoms with van der Waals surface area (Å²) in [7, 11) is 0. The molecule has 0 heterocycles. The predicted molar refractivity (Wildman–Crippen MR) is 83.3 cm³/mol. The molecule has 0 radical (unpaired) electrons. The third-order valence-corrected chi connectivity index (χ3v) is 4.08. The fourth-order valence-electron chi connectivity index (χ4n) is 2.87. The van der Waals surface area contributed by atoms with Crippen LogP contribution in [-0.2, 0) is 4.79 Å². The van der Waals surface area contributed by atoms with Gasteiger partial charge in [0.2, 0.25) is 0 Å². The summed E-state index contributed by atoms with van der Waals surface area (Å²) < 4.78 is 6.06. The number of carboxylic acids is 1. The molecule has 1 aromatic carbocycles. The standard InChI is InChI=1S/C18H22O3/c1-13-15(9-10-17(19)20)18(2,3)12-11-16(13)21-14-7-5-4-6-8-14/h4-10,16H,11-12H2,1-3H3,(H,19,20)/b10-9+. The summed E-state index contributed by atoms with van der Waals surface area (Å²) in [5.74, 6) is -0.0691. The van der Waals surface area contributed by atoms with E-state index in [-0.39, 0.29) is 11.5 Å². The molecule has 3 heteroatoms. The zero-order chi connectivity index (χ0) is 15.5. The monoisotopic (exact) mass is 286 g/mol. The van der Waals surface area contributed by atoms with Crippen molar-refractivity contribution in [2.24, 2.45) is 5.41 Å². The number of benzene rings is 1. The van der Waals surface area contributed by atoms with Gasteiger partial charge in [0.05, 0.1) is 0 Å². The van der Waals surface area contributed by atoms with Crippen LogP contribution in [0, 0.1) is 5.41 Å². The Labute approximate surface area is 125 Å². The lowest BCUT2D eigenvalue weighted by Crippen LogP contribution is -2.31. The first-order valence-corrected chi connectivity index (χ1v) is 7.24. The summed E-state index contributed by atoms with van der Waals surface area (Å²) in [5, 5.41) is 8.86. The first kappa shape index (κ1) is 15.4. The smallest absolute Gasteiger partial charge is 0.328 e. The van der Waals surface area contributed by atoms with Gasteiger partial charge in [0.15, 0.2) is 0 Å². The van der Waals surface area contributed by atoms with E-state index in [9.17, 15) is 4.79 Å². The van der Waals surface area contributed by atoms with Gasteiger partial charge in [-0.25, -0.2) is 4.79 Å². The summed E-state index contributed by atoms with van der Waals surface area (Å²) in [6.07, 6.45) is 4.86. The zero-order valence-corrected chi connectivity index (χ0v) is 12.8. The lowest BCUT2D eigenvalue weighted by molar-refractivity contribution is -0.131. The Kier molecular flexibility index (Phi) is 4.51. The molecule has 0 saturated heterocycles. The van der Waals surface area contributed by atoms with Gasteiger partial charge < -0.3 is 9.84 Å². The number of ether oxygens (including phenoxy) is 1. The second kappa shape index (κ2) is 6.17. The van der Waals surface area contributed by atoms with Gasteiger partial charge >= 0.3 is 5.97 Å². The summed E-state index contributed by atoms with van der Waals surface area (Å²) in [4.78, 5) is 10.8. The predicted octanol–water partition coefficient (Wildman–Crippen LogP) is 4.21. The molecule has 1 unspecified atom stereocenters. The molecule has 0 fully saturated rings. The number of rotatable bonds is 4. The number of allylic oxidation sites excluding steroid dienone is 2. The number of hydrogen-bond acceptors (Lipinski definition) is 2. The Balaban J connectivity index is 2.28. The highest BCUT2D eigenvalue weighted by atomic mass is 16.5. The summed E-state index contributed by atoms with van der Waals surface area (Å²) in [6.45, 7) is 6.34. The van der Waals surface area contributed by atoms with Crippen LogP contribution >= 0.6 is 0 Å². The van der Waals surface area contributed by atoms with Crippen LogP contribution in [0.25, 0.3) is 0 Å². The average molecular weight is 286 g/mol. The molecule has 3 nitrogen and oxygen atoms in total. The van der Waals surface area contributed by atoms with Crippen molar-refractivity contribution in [1.82, 2.24) is 0 Å². The van der Waals surface area contributed by atoms with Crippen LogP contribution in [-0.4, -0.2) is 17.2 Å². The van der Waals surface area contributed by atoms with Crippen LogP contribution in [0.3, 0.4) is 0 Å². The van der Waals surface area contributed by atoms with Gasteiger partial charge in [-0.2, -0.15) is 0 Å². The van der Waals surface area contributed by atoms with E-state index in [2.05, 4.69) is 13.8 Å². The van der Waals surface area contributed by atoms with Gasteiger partial charge in [-0.3, -0.25) is 0 Å².